The highest BCUT2D eigenvalue weighted by Crippen LogP contribution is 2.33. The van der Waals surface area contributed by atoms with E-state index in [0.717, 1.165) is 52.7 Å². The van der Waals surface area contributed by atoms with Crippen LogP contribution < -0.4 is 5.32 Å². The van der Waals surface area contributed by atoms with E-state index in [1.54, 1.807) is 0 Å². The summed E-state index contributed by atoms with van der Waals surface area (Å²) in [7, 11) is 0. The summed E-state index contributed by atoms with van der Waals surface area (Å²) in [5.74, 6) is 1.58. The van der Waals surface area contributed by atoms with Crippen LogP contribution in [0, 0.1) is 5.92 Å². The molecule has 2 aromatic rings. The molecule has 1 aromatic heterocycles. The molecule has 4 heteroatoms. The molecule has 112 valence electrons. The molecule has 1 heterocycles. The first kappa shape index (κ1) is 14.8. The number of nitrogens with one attached hydrogen (secondary N) is 1. The van der Waals surface area contributed by atoms with Crippen LogP contribution in [0.5, 0.6) is 0 Å². The minimum Gasteiger partial charge on any atom is -0.388 e. The van der Waals surface area contributed by atoms with Crippen molar-refractivity contribution in [2.75, 3.05) is 11.9 Å². The minimum absolute atomic E-state index is 0.568. The molecule has 0 radical (unpaired) electrons. The number of hydrogen-bond acceptors (Lipinski definition) is 3. The van der Waals surface area contributed by atoms with E-state index in [1.807, 2.05) is 24.4 Å². The van der Waals surface area contributed by atoms with Crippen LogP contribution in [-0.4, -0.2) is 22.2 Å². The van der Waals surface area contributed by atoms with Gasteiger partial charge in [0.25, 0.3) is 0 Å². The summed E-state index contributed by atoms with van der Waals surface area (Å²) in [4.78, 5) is 4.44. The van der Waals surface area contributed by atoms with Gasteiger partial charge < -0.3 is 10.4 Å². The largest absolute Gasteiger partial charge is 0.388 e. The van der Waals surface area contributed by atoms with Crippen molar-refractivity contribution < 1.29 is 5.11 Å². The fourth-order valence-corrected chi connectivity index (χ4v) is 3.53. The van der Waals surface area contributed by atoms with Gasteiger partial charge in [0.2, 0.25) is 0 Å². The lowest BCUT2D eigenvalue weighted by Crippen LogP contribution is -2.40. The second-order valence-corrected chi connectivity index (χ2v) is 7.11. The highest BCUT2D eigenvalue weighted by Gasteiger charge is 2.31. The quantitative estimate of drug-likeness (QED) is 0.866. The zero-order valence-electron chi connectivity index (χ0n) is 12.3. The number of nitrogens with zero attached hydrogens (tertiary/aromatic N) is 1. The van der Waals surface area contributed by atoms with Gasteiger partial charge in [0, 0.05) is 28.0 Å². The first-order valence-corrected chi connectivity index (χ1v) is 8.36. The molecule has 1 saturated carbocycles. The van der Waals surface area contributed by atoms with E-state index in [-0.39, 0.29) is 0 Å². The van der Waals surface area contributed by atoms with Crippen LogP contribution >= 0.6 is 15.9 Å². The summed E-state index contributed by atoms with van der Waals surface area (Å²) in [5.41, 5.74) is -0.595. The molecule has 0 atom stereocenters. The second-order valence-electron chi connectivity index (χ2n) is 6.25. The highest BCUT2D eigenvalue weighted by atomic mass is 79.9. The van der Waals surface area contributed by atoms with E-state index in [9.17, 15) is 5.11 Å². The average molecular weight is 349 g/mol. The van der Waals surface area contributed by atoms with Gasteiger partial charge in [0.05, 0.1) is 5.60 Å². The van der Waals surface area contributed by atoms with Crippen molar-refractivity contribution in [1.82, 2.24) is 4.98 Å². The summed E-state index contributed by atoms with van der Waals surface area (Å²) >= 11 is 3.57. The van der Waals surface area contributed by atoms with Crippen molar-refractivity contribution in [3.05, 3.63) is 34.9 Å². The Kier molecular flexibility index (Phi) is 4.18. The predicted octanol–water partition coefficient (Wildman–Crippen LogP) is 4.35. The molecule has 1 fully saturated rings. The van der Waals surface area contributed by atoms with Gasteiger partial charge in [0.1, 0.15) is 5.82 Å². The molecule has 0 saturated heterocycles. The lowest BCUT2D eigenvalue weighted by molar-refractivity contribution is 0.00497. The molecule has 0 bridgehead atoms. The molecule has 3 rings (SSSR count). The molecule has 0 amide bonds. The zero-order chi connectivity index (χ0) is 14.9. The van der Waals surface area contributed by atoms with Crippen LogP contribution in [0.15, 0.2) is 34.9 Å². The number of benzene rings is 1. The monoisotopic (exact) mass is 348 g/mol. The Morgan fingerprint density at radius 1 is 1.29 bits per heavy atom. The Morgan fingerprint density at radius 2 is 2.05 bits per heavy atom. The van der Waals surface area contributed by atoms with E-state index in [1.165, 1.54) is 0 Å². The van der Waals surface area contributed by atoms with Crippen LogP contribution in [0.4, 0.5) is 5.82 Å². The van der Waals surface area contributed by atoms with Crippen LogP contribution in [0.1, 0.15) is 32.6 Å². The Morgan fingerprint density at radius 3 is 2.81 bits per heavy atom. The molecular weight excluding hydrogens is 328 g/mol. The number of hydrogen-bond donors (Lipinski definition) is 2. The molecule has 1 aliphatic carbocycles. The van der Waals surface area contributed by atoms with Gasteiger partial charge >= 0.3 is 0 Å². The molecule has 0 spiro atoms. The van der Waals surface area contributed by atoms with Gasteiger partial charge in [-0.2, -0.15) is 0 Å². The van der Waals surface area contributed by atoms with Gasteiger partial charge in [-0.15, -0.1) is 0 Å². The van der Waals surface area contributed by atoms with E-state index in [2.05, 4.69) is 39.2 Å². The summed E-state index contributed by atoms with van der Waals surface area (Å²) in [6.45, 7) is 2.83. The van der Waals surface area contributed by atoms with Crippen LogP contribution in [-0.2, 0) is 0 Å². The van der Waals surface area contributed by atoms with Crippen molar-refractivity contribution in [2.24, 2.45) is 5.92 Å². The van der Waals surface area contributed by atoms with Crippen molar-refractivity contribution >= 4 is 32.5 Å². The fourth-order valence-electron chi connectivity index (χ4n) is 3.03. The average Bonchev–Trinajstić information content (AvgIpc) is 2.49. The lowest BCUT2D eigenvalue weighted by atomic mass is 9.79. The van der Waals surface area contributed by atoms with E-state index in [0.29, 0.717) is 6.54 Å². The van der Waals surface area contributed by atoms with E-state index in [4.69, 9.17) is 0 Å². The van der Waals surface area contributed by atoms with Gasteiger partial charge in [0.15, 0.2) is 0 Å². The first-order valence-electron chi connectivity index (χ1n) is 7.57. The van der Waals surface area contributed by atoms with Gasteiger partial charge in [-0.25, -0.2) is 4.98 Å². The Bertz CT molecular complexity index is 636. The third-order valence-corrected chi connectivity index (χ3v) is 5.23. The number of anilines is 1. The van der Waals surface area contributed by atoms with E-state index < -0.39 is 5.60 Å². The number of aromatic nitrogens is 1. The third-order valence-electron chi connectivity index (χ3n) is 4.54. The van der Waals surface area contributed by atoms with Crippen molar-refractivity contribution in [3.63, 3.8) is 0 Å². The summed E-state index contributed by atoms with van der Waals surface area (Å²) in [5, 5.41) is 16.3. The summed E-state index contributed by atoms with van der Waals surface area (Å²) in [6, 6.07) is 8.10. The van der Waals surface area contributed by atoms with Crippen molar-refractivity contribution in [1.29, 1.82) is 0 Å². The summed E-state index contributed by atoms with van der Waals surface area (Å²) < 4.78 is 1.07. The Hall–Kier alpha value is -1.13. The third kappa shape index (κ3) is 3.22. The molecule has 1 aromatic carbocycles. The molecule has 3 nitrogen and oxygen atoms in total. The molecule has 0 unspecified atom stereocenters. The molecule has 2 N–H and O–H groups in total. The number of aliphatic hydroxyl groups is 1. The minimum atomic E-state index is -0.595. The Balaban J connectivity index is 1.78. The summed E-state index contributed by atoms with van der Waals surface area (Å²) in [6.07, 6.45) is 5.76. The topological polar surface area (TPSA) is 45.1 Å². The predicted molar refractivity (Wildman–Crippen MR) is 90.5 cm³/mol. The van der Waals surface area contributed by atoms with Gasteiger partial charge in [-0.1, -0.05) is 35.0 Å². The van der Waals surface area contributed by atoms with E-state index >= 15 is 0 Å². The molecular formula is C17H21BrN2O. The maximum Gasteiger partial charge on any atom is 0.133 e. The second kappa shape index (κ2) is 5.93. The maximum absolute atomic E-state index is 10.7. The maximum atomic E-state index is 10.7. The van der Waals surface area contributed by atoms with Crippen molar-refractivity contribution in [2.45, 2.75) is 38.2 Å². The highest BCUT2D eigenvalue weighted by molar-refractivity contribution is 9.10. The van der Waals surface area contributed by atoms with Crippen LogP contribution in [0.25, 0.3) is 10.8 Å². The number of rotatable bonds is 3. The molecule has 21 heavy (non-hydrogen) atoms. The zero-order valence-corrected chi connectivity index (χ0v) is 13.9. The first-order chi connectivity index (χ1) is 10.1. The van der Waals surface area contributed by atoms with Crippen molar-refractivity contribution in [3.8, 4) is 0 Å². The van der Waals surface area contributed by atoms with Gasteiger partial charge in [-0.05, 0) is 43.7 Å². The number of pyridine rings is 1. The van der Waals surface area contributed by atoms with Gasteiger partial charge in [-0.3, -0.25) is 0 Å². The number of fused-ring (bicyclic) bond motifs is 1. The normalized spacial score (nSPS) is 26.0. The fraction of sp³-hybridized carbons (Fsp3) is 0.471. The standard InChI is InChI=1S/C17H21BrN2O/c1-12-5-8-17(21,9-6-12)11-20-16-14-3-2-4-15(18)13(14)7-10-19-16/h2-4,7,10,12,21H,5-6,8-9,11H2,1H3,(H,19,20). The Labute approximate surface area is 133 Å². The smallest absolute Gasteiger partial charge is 0.133 e. The lowest BCUT2D eigenvalue weighted by Gasteiger charge is -2.35. The molecule has 1 aliphatic rings. The van der Waals surface area contributed by atoms with Crippen LogP contribution in [0.3, 0.4) is 0 Å². The SMILES string of the molecule is CC1CCC(O)(CNc2nccc3c(Br)cccc23)CC1. The van der Waals surface area contributed by atoms with Crippen LogP contribution in [0.2, 0.25) is 0 Å². The molecule has 0 aliphatic heterocycles. The number of halogens is 1.